The van der Waals surface area contributed by atoms with Crippen molar-refractivity contribution >= 4 is 5.90 Å². The standard InChI is InChI=1S/C20H15F3N2O4/c1-12-2-9-17(26-12)16-8-7-15(11-24-16)27-19-10-18(29-25-19)13-3-5-14(6-4-13)28-20(21,22)23/h2-9,11,18H,10H2,1H3/t18-/m1/s1. The molecule has 0 bridgehead atoms. The third-order valence-corrected chi connectivity index (χ3v) is 4.09. The molecule has 0 saturated carbocycles. The molecular formula is C20H15F3N2O4. The van der Waals surface area contributed by atoms with Gasteiger partial charge in [-0.05, 0) is 48.9 Å². The highest BCUT2D eigenvalue weighted by Gasteiger charge is 2.31. The Morgan fingerprint density at radius 1 is 1.00 bits per heavy atom. The number of oxime groups is 1. The lowest BCUT2D eigenvalue weighted by Gasteiger charge is -2.11. The smallest absolute Gasteiger partial charge is 0.460 e. The van der Waals surface area contributed by atoms with Crippen LogP contribution in [0.2, 0.25) is 0 Å². The zero-order chi connectivity index (χ0) is 20.4. The molecule has 0 aliphatic carbocycles. The highest BCUT2D eigenvalue weighted by Crippen LogP contribution is 2.31. The van der Waals surface area contributed by atoms with Gasteiger partial charge in [0.25, 0.3) is 0 Å². The van der Waals surface area contributed by atoms with E-state index in [-0.39, 0.29) is 5.75 Å². The summed E-state index contributed by atoms with van der Waals surface area (Å²) in [4.78, 5) is 9.62. The molecule has 1 aliphatic heterocycles. The van der Waals surface area contributed by atoms with Crippen molar-refractivity contribution in [2.75, 3.05) is 0 Å². The van der Waals surface area contributed by atoms with Gasteiger partial charge in [0.1, 0.15) is 23.0 Å². The van der Waals surface area contributed by atoms with Gasteiger partial charge in [-0.3, -0.25) is 0 Å². The van der Waals surface area contributed by atoms with Crippen molar-refractivity contribution in [2.45, 2.75) is 25.8 Å². The topological polar surface area (TPSA) is 66.1 Å². The first-order chi connectivity index (χ1) is 13.9. The predicted molar refractivity (Wildman–Crippen MR) is 96.3 cm³/mol. The third kappa shape index (κ3) is 4.68. The van der Waals surface area contributed by atoms with Gasteiger partial charge < -0.3 is 18.7 Å². The van der Waals surface area contributed by atoms with E-state index in [9.17, 15) is 13.2 Å². The maximum atomic E-state index is 12.2. The van der Waals surface area contributed by atoms with E-state index in [0.29, 0.717) is 35.1 Å². The van der Waals surface area contributed by atoms with E-state index < -0.39 is 12.5 Å². The van der Waals surface area contributed by atoms with Crippen molar-refractivity contribution in [3.05, 3.63) is 66.1 Å². The largest absolute Gasteiger partial charge is 0.573 e. The number of hydrogen-bond donors (Lipinski definition) is 0. The summed E-state index contributed by atoms with van der Waals surface area (Å²) in [6.45, 7) is 1.85. The number of hydrogen-bond acceptors (Lipinski definition) is 6. The number of aryl methyl sites for hydroxylation is 1. The van der Waals surface area contributed by atoms with E-state index >= 15 is 0 Å². The maximum absolute atomic E-state index is 12.2. The van der Waals surface area contributed by atoms with Gasteiger partial charge in [0.2, 0.25) is 5.90 Å². The normalized spacial score (nSPS) is 16.3. The summed E-state index contributed by atoms with van der Waals surface area (Å²) in [5.41, 5.74) is 1.33. The van der Waals surface area contributed by atoms with Crippen LogP contribution in [0.25, 0.3) is 11.5 Å². The van der Waals surface area contributed by atoms with Crippen LogP contribution in [0.3, 0.4) is 0 Å². The molecule has 29 heavy (non-hydrogen) atoms. The zero-order valence-corrected chi connectivity index (χ0v) is 15.1. The van der Waals surface area contributed by atoms with Gasteiger partial charge >= 0.3 is 6.36 Å². The van der Waals surface area contributed by atoms with E-state index in [1.54, 1.807) is 18.3 Å². The number of nitrogens with zero attached hydrogens (tertiary/aromatic N) is 2. The molecule has 1 aromatic carbocycles. The summed E-state index contributed by atoms with van der Waals surface area (Å²) in [6.07, 6.45) is -3.30. The van der Waals surface area contributed by atoms with Crippen LogP contribution < -0.4 is 9.47 Å². The van der Waals surface area contributed by atoms with Gasteiger partial charge in [0.15, 0.2) is 11.9 Å². The molecule has 0 unspecified atom stereocenters. The molecule has 3 aromatic rings. The highest BCUT2D eigenvalue weighted by molar-refractivity contribution is 5.79. The summed E-state index contributed by atoms with van der Waals surface area (Å²) < 4.78 is 51.7. The Bertz CT molecular complexity index is 1010. The number of halogens is 3. The van der Waals surface area contributed by atoms with Crippen LogP contribution in [-0.2, 0) is 4.84 Å². The molecule has 0 fully saturated rings. The van der Waals surface area contributed by atoms with Crippen molar-refractivity contribution in [3.63, 3.8) is 0 Å². The molecule has 2 aromatic heterocycles. The first-order valence-corrected chi connectivity index (χ1v) is 8.65. The number of aromatic nitrogens is 1. The molecule has 150 valence electrons. The van der Waals surface area contributed by atoms with Crippen LogP contribution in [0, 0.1) is 6.92 Å². The van der Waals surface area contributed by atoms with Crippen LogP contribution >= 0.6 is 0 Å². The summed E-state index contributed by atoms with van der Waals surface area (Å²) in [7, 11) is 0. The lowest BCUT2D eigenvalue weighted by molar-refractivity contribution is -0.274. The second kappa shape index (κ2) is 7.50. The van der Waals surface area contributed by atoms with Crippen molar-refractivity contribution in [2.24, 2.45) is 5.16 Å². The van der Waals surface area contributed by atoms with Gasteiger partial charge in [0.05, 0.1) is 12.6 Å². The Hall–Kier alpha value is -3.49. The Morgan fingerprint density at radius 2 is 1.76 bits per heavy atom. The van der Waals surface area contributed by atoms with Gasteiger partial charge in [-0.2, -0.15) is 0 Å². The average molecular weight is 404 g/mol. The molecule has 0 amide bonds. The van der Waals surface area contributed by atoms with E-state index in [4.69, 9.17) is 14.0 Å². The lowest BCUT2D eigenvalue weighted by atomic mass is 10.1. The van der Waals surface area contributed by atoms with Crippen LogP contribution in [0.4, 0.5) is 13.2 Å². The van der Waals surface area contributed by atoms with Gasteiger partial charge in [-0.25, -0.2) is 4.98 Å². The van der Waals surface area contributed by atoms with Crippen molar-refractivity contribution in [1.82, 2.24) is 4.98 Å². The van der Waals surface area contributed by atoms with E-state index in [1.807, 2.05) is 19.1 Å². The minimum atomic E-state index is -4.73. The van der Waals surface area contributed by atoms with Gasteiger partial charge in [-0.1, -0.05) is 17.3 Å². The molecule has 4 rings (SSSR count). The van der Waals surface area contributed by atoms with Crippen molar-refractivity contribution in [1.29, 1.82) is 0 Å². The molecule has 0 radical (unpaired) electrons. The minimum Gasteiger partial charge on any atom is -0.460 e. The molecule has 1 atom stereocenters. The number of ether oxygens (including phenoxy) is 2. The van der Waals surface area contributed by atoms with E-state index in [0.717, 1.165) is 5.76 Å². The fourth-order valence-electron chi connectivity index (χ4n) is 2.77. The summed E-state index contributed by atoms with van der Waals surface area (Å²) in [6, 6.07) is 12.6. The predicted octanol–water partition coefficient (Wildman–Crippen LogP) is 5.40. The molecular weight excluding hydrogens is 389 g/mol. The van der Waals surface area contributed by atoms with E-state index in [1.165, 1.54) is 24.3 Å². The Morgan fingerprint density at radius 3 is 2.38 bits per heavy atom. The van der Waals surface area contributed by atoms with Crippen molar-refractivity contribution in [3.8, 4) is 23.0 Å². The number of rotatable bonds is 4. The number of benzene rings is 1. The summed E-state index contributed by atoms with van der Waals surface area (Å²) >= 11 is 0. The molecule has 0 saturated heterocycles. The fraction of sp³-hybridized carbons (Fsp3) is 0.200. The van der Waals surface area contributed by atoms with Gasteiger partial charge in [-0.15, -0.1) is 13.2 Å². The first-order valence-electron chi connectivity index (χ1n) is 8.65. The highest BCUT2D eigenvalue weighted by atomic mass is 19.4. The summed E-state index contributed by atoms with van der Waals surface area (Å²) in [5, 5.41) is 3.89. The SMILES string of the molecule is Cc1ccc(-c2ccc(OC3=NO[C@@H](c4ccc(OC(F)(F)F)cc4)C3)cn2)o1. The average Bonchev–Trinajstić information content (AvgIpc) is 3.31. The quantitative estimate of drug-likeness (QED) is 0.582. The monoisotopic (exact) mass is 404 g/mol. The first kappa shape index (κ1) is 18.9. The lowest BCUT2D eigenvalue weighted by Crippen LogP contribution is -2.17. The van der Waals surface area contributed by atoms with Crippen LogP contribution in [0.5, 0.6) is 11.5 Å². The van der Waals surface area contributed by atoms with Crippen LogP contribution in [-0.4, -0.2) is 17.2 Å². The Balaban J connectivity index is 1.35. The fourth-order valence-corrected chi connectivity index (χ4v) is 2.77. The Kier molecular flexibility index (Phi) is 4.87. The van der Waals surface area contributed by atoms with E-state index in [2.05, 4.69) is 14.9 Å². The molecule has 6 nitrogen and oxygen atoms in total. The second-order valence-corrected chi connectivity index (χ2v) is 6.29. The van der Waals surface area contributed by atoms with Crippen LogP contribution in [0.1, 0.15) is 23.8 Å². The number of pyridine rings is 1. The summed E-state index contributed by atoms with van der Waals surface area (Å²) in [5.74, 6) is 1.98. The van der Waals surface area contributed by atoms with Crippen LogP contribution in [0.15, 0.2) is 64.3 Å². The molecule has 0 N–H and O–H groups in total. The number of alkyl halides is 3. The van der Waals surface area contributed by atoms with Gasteiger partial charge in [0, 0.05) is 0 Å². The zero-order valence-electron chi connectivity index (χ0n) is 15.1. The minimum absolute atomic E-state index is 0.297. The molecule has 0 spiro atoms. The molecule has 9 heteroatoms. The number of furan rings is 1. The third-order valence-electron chi connectivity index (χ3n) is 4.09. The van der Waals surface area contributed by atoms with Crippen molar-refractivity contribution < 1.29 is 31.9 Å². The molecule has 3 heterocycles. The maximum Gasteiger partial charge on any atom is 0.573 e. The molecule has 1 aliphatic rings. The Labute approximate surface area is 163 Å². The second-order valence-electron chi connectivity index (χ2n) is 6.29.